The molecule has 2 N–H and O–H groups in total. The van der Waals surface area contributed by atoms with Crippen LogP contribution in [0.2, 0.25) is 0 Å². The van der Waals surface area contributed by atoms with Crippen LogP contribution in [0.1, 0.15) is 29.9 Å². The van der Waals surface area contributed by atoms with E-state index < -0.39 is 0 Å². The minimum Gasteiger partial charge on any atom is -0.320 e. The molecule has 1 saturated carbocycles. The fraction of sp³-hybridized carbons (Fsp3) is 0.625. The van der Waals surface area contributed by atoms with Gasteiger partial charge in [0.05, 0.1) is 0 Å². The van der Waals surface area contributed by atoms with Crippen LogP contribution in [0.15, 0.2) is 24.3 Å². The molecule has 0 radical (unpaired) electrons. The van der Waals surface area contributed by atoms with Crippen molar-refractivity contribution in [2.45, 2.75) is 25.2 Å². The molecule has 0 bridgehead atoms. The van der Waals surface area contributed by atoms with E-state index in [1.807, 2.05) is 7.05 Å². The van der Waals surface area contributed by atoms with Crippen molar-refractivity contribution in [3.05, 3.63) is 35.4 Å². The van der Waals surface area contributed by atoms with Gasteiger partial charge in [-0.25, -0.2) is 0 Å². The number of fused-ring (bicyclic) bond motifs is 3. The first-order valence-electron chi connectivity index (χ1n) is 7.35. The summed E-state index contributed by atoms with van der Waals surface area (Å²) in [5, 5.41) is 6.82. The Kier molecular flexibility index (Phi) is 3.67. The lowest BCUT2D eigenvalue weighted by molar-refractivity contribution is 0.562. The van der Waals surface area contributed by atoms with Crippen molar-refractivity contribution in [1.82, 2.24) is 10.6 Å². The topological polar surface area (TPSA) is 24.1 Å². The predicted octanol–water partition coefficient (Wildman–Crippen LogP) is 2.16. The maximum atomic E-state index is 3.63. The molecule has 2 aliphatic rings. The second-order valence-electron chi connectivity index (χ2n) is 5.75. The first kappa shape index (κ1) is 12.2. The van der Waals surface area contributed by atoms with Gasteiger partial charge < -0.3 is 10.6 Å². The highest BCUT2D eigenvalue weighted by Crippen LogP contribution is 2.59. The fourth-order valence-electron chi connectivity index (χ4n) is 3.65. The van der Waals surface area contributed by atoms with Crippen molar-refractivity contribution in [1.29, 1.82) is 0 Å². The van der Waals surface area contributed by atoms with Gasteiger partial charge in [-0.3, -0.25) is 0 Å². The van der Waals surface area contributed by atoms with Gasteiger partial charge in [0.2, 0.25) is 0 Å². The maximum Gasteiger partial charge on any atom is -0.00117 e. The normalized spacial score (nSPS) is 28.6. The predicted molar refractivity (Wildman–Crippen MR) is 75.9 cm³/mol. The van der Waals surface area contributed by atoms with E-state index in [2.05, 4.69) is 34.9 Å². The van der Waals surface area contributed by atoms with Crippen LogP contribution in [0.25, 0.3) is 0 Å². The zero-order valence-electron chi connectivity index (χ0n) is 11.3. The lowest BCUT2D eigenvalue weighted by Crippen LogP contribution is -2.22. The van der Waals surface area contributed by atoms with E-state index in [9.17, 15) is 0 Å². The van der Waals surface area contributed by atoms with Crippen molar-refractivity contribution in [2.24, 2.45) is 11.8 Å². The van der Waals surface area contributed by atoms with E-state index in [-0.39, 0.29) is 0 Å². The van der Waals surface area contributed by atoms with Crippen LogP contribution in [0.5, 0.6) is 0 Å². The van der Waals surface area contributed by atoms with Gasteiger partial charge >= 0.3 is 0 Å². The quantitative estimate of drug-likeness (QED) is 0.749. The molecule has 0 saturated heterocycles. The first-order chi connectivity index (χ1) is 8.92. The lowest BCUT2D eigenvalue weighted by Gasteiger charge is -2.13. The summed E-state index contributed by atoms with van der Waals surface area (Å²) < 4.78 is 0. The number of aryl methyl sites for hydroxylation is 1. The molecule has 2 nitrogen and oxygen atoms in total. The third kappa shape index (κ3) is 2.32. The van der Waals surface area contributed by atoms with Crippen molar-refractivity contribution in [3.63, 3.8) is 0 Å². The molecular formula is C16H24N2. The monoisotopic (exact) mass is 244 g/mol. The highest BCUT2D eigenvalue weighted by molar-refractivity contribution is 5.39. The highest BCUT2D eigenvalue weighted by atomic mass is 14.9. The molecule has 0 spiro atoms. The highest BCUT2D eigenvalue weighted by Gasteiger charge is 2.52. The Balaban J connectivity index is 1.51. The second-order valence-corrected chi connectivity index (χ2v) is 5.75. The first-order valence-corrected chi connectivity index (χ1v) is 7.35. The average molecular weight is 244 g/mol. The van der Waals surface area contributed by atoms with E-state index in [4.69, 9.17) is 0 Å². The molecule has 1 fully saturated rings. The molecule has 18 heavy (non-hydrogen) atoms. The van der Waals surface area contributed by atoms with E-state index in [0.717, 1.165) is 30.8 Å². The lowest BCUT2D eigenvalue weighted by atomic mass is 9.92. The number of hydrogen-bond donors (Lipinski definition) is 2. The molecule has 0 heterocycles. The molecule has 2 aliphatic carbocycles. The summed E-state index contributed by atoms with van der Waals surface area (Å²) in [6, 6.07) is 9.07. The summed E-state index contributed by atoms with van der Waals surface area (Å²) in [6.07, 6.45) is 3.94. The third-order valence-electron chi connectivity index (χ3n) is 4.65. The molecule has 1 aromatic carbocycles. The Morgan fingerprint density at radius 3 is 3.00 bits per heavy atom. The molecule has 1 aromatic rings. The molecular weight excluding hydrogens is 220 g/mol. The summed E-state index contributed by atoms with van der Waals surface area (Å²) in [4.78, 5) is 0. The van der Waals surface area contributed by atoms with E-state index >= 15 is 0 Å². The van der Waals surface area contributed by atoms with Gasteiger partial charge in [0, 0.05) is 0 Å². The van der Waals surface area contributed by atoms with Crippen LogP contribution in [0.3, 0.4) is 0 Å². The van der Waals surface area contributed by atoms with Crippen LogP contribution in [-0.2, 0) is 6.42 Å². The van der Waals surface area contributed by atoms with Gasteiger partial charge in [-0.15, -0.1) is 0 Å². The minimum atomic E-state index is 0.867. The molecule has 0 aliphatic heterocycles. The van der Waals surface area contributed by atoms with Crippen molar-refractivity contribution >= 4 is 0 Å². The molecule has 0 amide bonds. The summed E-state index contributed by atoms with van der Waals surface area (Å²) in [5.74, 6) is 2.74. The Morgan fingerprint density at radius 1 is 1.22 bits per heavy atom. The number of nitrogens with one attached hydrogen (secondary N) is 2. The summed E-state index contributed by atoms with van der Waals surface area (Å²) in [6.45, 7) is 3.49. The molecule has 2 heteroatoms. The number of hydrogen-bond acceptors (Lipinski definition) is 2. The number of rotatable bonds is 6. The van der Waals surface area contributed by atoms with Crippen LogP contribution in [-0.4, -0.2) is 26.7 Å². The summed E-state index contributed by atoms with van der Waals surface area (Å²) in [7, 11) is 2.02. The van der Waals surface area contributed by atoms with Crippen LogP contribution in [0.4, 0.5) is 0 Å². The number of benzene rings is 1. The van der Waals surface area contributed by atoms with Crippen LogP contribution < -0.4 is 10.6 Å². The molecule has 3 atom stereocenters. The van der Waals surface area contributed by atoms with E-state index in [0.29, 0.717) is 0 Å². The van der Waals surface area contributed by atoms with Gasteiger partial charge in [-0.2, -0.15) is 0 Å². The van der Waals surface area contributed by atoms with Crippen molar-refractivity contribution < 1.29 is 0 Å². The van der Waals surface area contributed by atoms with Crippen molar-refractivity contribution in [2.75, 3.05) is 26.7 Å². The molecule has 3 rings (SSSR count). The standard InChI is InChI=1S/C16H24N2/c1-17-9-4-10-18-11-15-14-8-7-12-5-2-3-6-13(12)16(14)15/h2-3,5-6,14-18H,4,7-11H2,1H3. The van der Waals surface area contributed by atoms with Gasteiger partial charge in [0.15, 0.2) is 0 Å². The molecule has 3 unspecified atom stereocenters. The average Bonchev–Trinajstić information content (AvgIpc) is 3.13. The smallest absolute Gasteiger partial charge is 0.00117 e. The SMILES string of the molecule is CNCCCNCC1C2CCc3ccccc3C21. The second kappa shape index (κ2) is 5.41. The van der Waals surface area contributed by atoms with Crippen molar-refractivity contribution in [3.8, 4) is 0 Å². The molecule has 98 valence electrons. The largest absolute Gasteiger partial charge is 0.320 e. The zero-order valence-corrected chi connectivity index (χ0v) is 11.3. The third-order valence-corrected chi connectivity index (χ3v) is 4.65. The van der Waals surface area contributed by atoms with Gasteiger partial charge in [0.25, 0.3) is 0 Å². The Morgan fingerprint density at radius 2 is 2.11 bits per heavy atom. The van der Waals surface area contributed by atoms with E-state index in [1.54, 1.807) is 11.1 Å². The van der Waals surface area contributed by atoms with E-state index in [1.165, 1.54) is 25.8 Å². The van der Waals surface area contributed by atoms with Gasteiger partial charge in [-0.1, -0.05) is 24.3 Å². The molecule has 0 aromatic heterocycles. The maximum absolute atomic E-state index is 3.63. The van der Waals surface area contributed by atoms with Crippen LogP contribution in [0, 0.1) is 11.8 Å². The Labute approximate surface area is 110 Å². The summed E-state index contributed by atoms with van der Waals surface area (Å²) in [5.41, 5.74) is 3.26. The van der Waals surface area contributed by atoms with Gasteiger partial charge in [0.1, 0.15) is 0 Å². The Bertz CT molecular complexity index is 402. The van der Waals surface area contributed by atoms with Crippen LogP contribution >= 0.6 is 0 Å². The fourth-order valence-corrected chi connectivity index (χ4v) is 3.65. The van der Waals surface area contributed by atoms with Gasteiger partial charge in [-0.05, 0) is 74.8 Å². The zero-order chi connectivity index (χ0) is 12.4. The summed E-state index contributed by atoms with van der Waals surface area (Å²) >= 11 is 0. The minimum absolute atomic E-state index is 0.867. The Hall–Kier alpha value is -0.860.